The number of ether oxygens (including phenoxy) is 1. The summed E-state index contributed by atoms with van der Waals surface area (Å²) in [5.74, 6) is 0.991. The Kier molecular flexibility index (Phi) is 7.00. The first-order chi connectivity index (χ1) is 13.7. The van der Waals surface area contributed by atoms with Gasteiger partial charge < -0.3 is 14.5 Å². The lowest BCUT2D eigenvalue weighted by atomic mass is 10.1. The van der Waals surface area contributed by atoms with Crippen molar-refractivity contribution in [3.63, 3.8) is 0 Å². The fraction of sp³-hybridized carbons (Fsp3) is 0.409. The van der Waals surface area contributed by atoms with Gasteiger partial charge in [0.25, 0.3) is 0 Å². The highest BCUT2D eigenvalue weighted by atomic mass is 16.5. The van der Waals surface area contributed by atoms with Crippen molar-refractivity contribution in [2.75, 3.05) is 33.3 Å². The number of aromatic nitrogens is 1. The highest BCUT2D eigenvalue weighted by molar-refractivity contribution is 5.78. The molecule has 3 rings (SSSR count). The predicted octanol–water partition coefficient (Wildman–Crippen LogP) is 2.33. The van der Waals surface area contributed by atoms with Crippen LogP contribution in [0.2, 0.25) is 0 Å². The number of hydrogen-bond acceptors (Lipinski definition) is 4. The van der Waals surface area contributed by atoms with Crippen molar-refractivity contribution in [1.29, 1.82) is 0 Å². The van der Waals surface area contributed by atoms with Gasteiger partial charge in [-0.2, -0.15) is 0 Å². The third kappa shape index (κ3) is 5.55. The lowest BCUT2D eigenvalue weighted by Crippen LogP contribution is -2.50. The lowest BCUT2D eigenvalue weighted by Gasteiger charge is -2.35. The topological polar surface area (TPSA) is 62.7 Å². The Labute approximate surface area is 166 Å². The van der Waals surface area contributed by atoms with E-state index in [0.717, 1.165) is 12.0 Å². The summed E-state index contributed by atoms with van der Waals surface area (Å²) in [6, 6.07) is 12.0. The van der Waals surface area contributed by atoms with Crippen molar-refractivity contribution >= 4 is 11.8 Å². The zero-order valence-electron chi connectivity index (χ0n) is 16.3. The summed E-state index contributed by atoms with van der Waals surface area (Å²) in [4.78, 5) is 32.8. The van der Waals surface area contributed by atoms with E-state index in [0.29, 0.717) is 51.2 Å². The normalized spacial score (nSPS) is 14.0. The number of rotatable bonds is 7. The molecule has 0 spiro atoms. The summed E-state index contributed by atoms with van der Waals surface area (Å²) < 4.78 is 5.16. The number of pyridine rings is 1. The molecule has 6 heteroatoms. The Balaban J connectivity index is 1.40. The van der Waals surface area contributed by atoms with E-state index in [1.807, 2.05) is 46.2 Å². The number of carbonyl (C=O) groups excluding carboxylic acids is 2. The summed E-state index contributed by atoms with van der Waals surface area (Å²) in [5, 5.41) is 0. The van der Waals surface area contributed by atoms with E-state index in [1.54, 1.807) is 19.5 Å². The first-order valence-electron chi connectivity index (χ1n) is 9.73. The second kappa shape index (κ2) is 9.88. The molecule has 1 aromatic carbocycles. The average Bonchev–Trinajstić information content (AvgIpc) is 2.76. The fourth-order valence-electron chi connectivity index (χ4n) is 3.38. The molecule has 2 aromatic rings. The number of benzene rings is 1. The number of carbonyl (C=O) groups is 2. The maximum Gasteiger partial charge on any atom is 0.223 e. The molecule has 1 aromatic heterocycles. The second-order valence-electron chi connectivity index (χ2n) is 6.98. The third-order valence-electron chi connectivity index (χ3n) is 5.09. The zero-order chi connectivity index (χ0) is 19.8. The van der Waals surface area contributed by atoms with E-state index in [4.69, 9.17) is 4.74 Å². The minimum atomic E-state index is 0.124. The molecule has 2 heterocycles. The molecular formula is C22H27N3O3. The zero-order valence-corrected chi connectivity index (χ0v) is 16.3. The molecule has 0 atom stereocenters. The molecule has 0 N–H and O–H groups in total. The van der Waals surface area contributed by atoms with Gasteiger partial charge in [0.2, 0.25) is 11.8 Å². The first-order valence-corrected chi connectivity index (χ1v) is 9.73. The van der Waals surface area contributed by atoms with Gasteiger partial charge in [-0.3, -0.25) is 14.6 Å². The molecule has 0 bridgehead atoms. The van der Waals surface area contributed by atoms with Gasteiger partial charge in [0.15, 0.2) is 0 Å². The molecule has 2 amide bonds. The molecule has 0 unspecified atom stereocenters. The van der Waals surface area contributed by atoms with Crippen molar-refractivity contribution in [3.05, 3.63) is 59.9 Å². The van der Waals surface area contributed by atoms with Crippen molar-refractivity contribution in [2.24, 2.45) is 0 Å². The first kappa shape index (κ1) is 19.9. The third-order valence-corrected chi connectivity index (χ3v) is 5.09. The predicted molar refractivity (Wildman–Crippen MR) is 107 cm³/mol. The van der Waals surface area contributed by atoms with Crippen LogP contribution in [0.4, 0.5) is 0 Å². The second-order valence-corrected chi connectivity index (χ2v) is 6.98. The number of methoxy groups -OCH3 is 1. The SMILES string of the molecule is COc1cncc(CCC(=O)N2CCN(C(=O)CCc3ccccc3)CC2)c1. The van der Waals surface area contributed by atoms with Crippen molar-refractivity contribution in [1.82, 2.24) is 14.8 Å². The van der Waals surface area contributed by atoms with Gasteiger partial charge in [0.1, 0.15) is 5.75 Å². The standard InChI is InChI=1S/C22H27N3O3/c1-28-20-15-19(16-23-17-20)8-10-22(27)25-13-11-24(12-14-25)21(26)9-7-18-5-3-2-4-6-18/h2-6,15-17H,7-14H2,1H3. The number of amides is 2. The molecule has 1 aliphatic heterocycles. The molecule has 0 saturated carbocycles. The van der Waals surface area contributed by atoms with Crippen LogP contribution in [0.3, 0.4) is 0 Å². The Bertz CT molecular complexity index is 787. The smallest absolute Gasteiger partial charge is 0.223 e. The van der Waals surface area contributed by atoms with Gasteiger partial charge in [0.05, 0.1) is 13.3 Å². The number of aryl methyl sites for hydroxylation is 2. The summed E-state index contributed by atoms with van der Waals surface area (Å²) in [6.45, 7) is 2.43. The largest absolute Gasteiger partial charge is 0.495 e. The molecule has 1 aliphatic rings. The maximum absolute atomic E-state index is 12.5. The van der Waals surface area contributed by atoms with Crippen LogP contribution in [0.25, 0.3) is 0 Å². The number of piperazine rings is 1. The summed E-state index contributed by atoms with van der Waals surface area (Å²) >= 11 is 0. The van der Waals surface area contributed by atoms with Gasteiger partial charge in [-0.25, -0.2) is 0 Å². The summed E-state index contributed by atoms with van der Waals surface area (Å²) in [7, 11) is 1.60. The lowest BCUT2D eigenvalue weighted by molar-refractivity contribution is -0.139. The number of hydrogen-bond donors (Lipinski definition) is 0. The highest BCUT2D eigenvalue weighted by Gasteiger charge is 2.23. The van der Waals surface area contributed by atoms with Crippen LogP contribution in [-0.4, -0.2) is 59.9 Å². The van der Waals surface area contributed by atoms with Crippen LogP contribution in [0.1, 0.15) is 24.0 Å². The molecule has 1 saturated heterocycles. The van der Waals surface area contributed by atoms with Crippen molar-refractivity contribution in [2.45, 2.75) is 25.7 Å². The molecule has 0 radical (unpaired) electrons. The highest BCUT2D eigenvalue weighted by Crippen LogP contribution is 2.13. The van der Waals surface area contributed by atoms with Crippen LogP contribution in [0.15, 0.2) is 48.8 Å². The molecule has 1 fully saturated rings. The number of nitrogens with zero attached hydrogens (tertiary/aromatic N) is 3. The van der Waals surface area contributed by atoms with E-state index in [1.165, 1.54) is 5.56 Å². The van der Waals surface area contributed by atoms with E-state index < -0.39 is 0 Å². The Morgan fingerprint density at radius 1 is 0.893 bits per heavy atom. The van der Waals surface area contributed by atoms with E-state index in [-0.39, 0.29) is 11.8 Å². The molecule has 148 valence electrons. The van der Waals surface area contributed by atoms with Crippen molar-refractivity contribution < 1.29 is 14.3 Å². The van der Waals surface area contributed by atoms with Gasteiger partial charge in [-0.15, -0.1) is 0 Å². The molecular weight excluding hydrogens is 354 g/mol. The van der Waals surface area contributed by atoms with Crippen molar-refractivity contribution in [3.8, 4) is 5.75 Å². The van der Waals surface area contributed by atoms with Crippen LogP contribution in [-0.2, 0) is 22.4 Å². The Hall–Kier alpha value is -2.89. The van der Waals surface area contributed by atoms with E-state index in [9.17, 15) is 9.59 Å². The van der Waals surface area contributed by atoms with E-state index in [2.05, 4.69) is 4.98 Å². The molecule has 28 heavy (non-hydrogen) atoms. The summed E-state index contributed by atoms with van der Waals surface area (Å²) in [6.07, 6.45) is 5.77. The maximum atomic E-state index is 12.5. The van der Waals surface area contributed by atoms with Crippen LogP contribution in [0.5, 0.6) is 5.75 Å². The monoisotopic (exact) mass is 381 g/mol. The minimum Gasteiger partial charge on any atom is -0.495 e. The Morgan fingerprint density at radius 3 is 2.04 bits per heavy atom. The summed E-state index contributed by atoms with van der Waals surface area (Å²) in [5.41, 5.74) is 2.17. The van der Waals surface area contributed by atoms with Crippen LogP contribution >= 0.6 is 0 Å². The van der Waals surface area contributed by atoms with Gasteiger partial charge in [0, 0.05) is 45.2 Å². The van der Waals surface area contributed by atoms with Gasteiger partial charge in [-0.1, -0.05) is 30.3 Å². The average molecular weight is 381 g/mol. The van der Waals surface area contributed by atoms with Crippen LogP contribution < -0.4 is 4.74 Å². The van der Waals surface area contributed by atoms with E-state index >= 15 is 0 Å². The Morgan fingerprint density at radius 2 is 1.46 bits per heavy atom. The van der Waals surface area contributed by atoms with Crippen LogP contribution in [0, 0.1) is 0 Å². The minimum absolute atomic E-state index is 0.124. The fourth-order valence-corrected chi connectivity index (χ4v) is 3.38. The molecule has 0 aliphatic carbocycles. The van der Waals surface area contributed by atoms with Gasteiger partial charge in [-0.05, 0) is 30.0 Å². The quantitative estimate of drug-likeness (QED) is 0.738. The molecule has 6 nitrogen and oxygen atoms in total. The van der Waals surface area contributed by atoms with Gasteiger partial charge >= 0.3 is 0 Å².